The summed E-state index contributed by atoms with van der Waals surface area (Å²) in [7, 11) is -3.10. The summed E-state index contributed by atoms with van der Waals surface area (Å²) >= 11 is 7.30. The van der Waals surface area contributed by atoms with Crippen molar-refractivity contribution in [1.82, 2.24) is 14.5 Å². The van der Waals surface area contributed by atoms with Crippen LogP contribution >= 0.6 is 23.4 Å². The quantitative estimate of drug-likeness (QED) is 0.388. The molecule has 1 atom stereocenters. The van der Waals surface area contributed by atoms with Gasteiger partial charge in [-0.25, -0.2) is 13.4 Å². The van der Waals surface area contributed by atoms with Crippen molar-refractivity contribution in [2.24, 2.45) is 0 Å². The zero-order chi connectivity index (χ0) is 22.9. The zero-order valence-corrected chi connectivity index (χ0v) is 19.8. The van der Waals surface area contributed by atoms with E-state index in [0.29, 0.717) is 39.7 Å². The molecule has 1 aromatic heterocycles. The molecule has 1 unspecified atom stereocenters. The van der Waals surface area contributed by atoms with Gasteiger partial charge in [0.1, 0.15) is 0 Å². The summed E-state index contributed by atoms with van der Waals surface area (Å²) in [4.78, 5) is 32.5. The summed E-state index contributed by atoms with van der Waals surface area (Å²) in [6.45, 7) is 2.26. The van der Waals surface area contributed by atoms with Crippen LogP contribution in [0.4, 0.5) is 0 Å². The van der Waals surface area contributed by atoms with Crippen LogP contribution in [0.25, 0.3) is 16.6 Å². The average molecular weight is 492 g/mol. The first-order valence-corrected chi connectivity index (χ1v) is 13.4. The van der Waals surface area contributed by atoms with Crippen molar-refractivity contribution in [2.45, 2.75) is 24.5 Å². The molecule has 32 heavy (non-hydrogen) atoms. The lowest BCUT2D eigenvalue weighted by atomic mass is 10.2. The predicted octanol–water partition coefficient (Wildman–Crippen LogP) is 3.17. The van der Waals surface area contributed by atoms with E-state index in [1.165, 1.54) is 4.57 Å². The van der Waals surface area contributed by atoms with E-state index in [-0.39, 0.29) is 34.8 Å². The van der Waals surface area contributed by atoms with Gasteiger partial charge in [0.15, 0.2) is 15.0 Å². The minimum absolute atomic E-state index is 0.00130. The molecular formula is C22H22ClN3O4S2. The van der Waals surface area contributed by atoms with Gasteiger partial charge in [0, 0.05) is 17.6 Å². The molecule has 4 rings (SSSR count). The van der Waals surface area contributed by atoms with Crippen LogP contribution in [0.3, 0.4) is 0 Å². The van der Waals surface area contributed by atoms with Crippen molar-refractivity contribution in [3.63, 3.8) is 0 Å². The average Bonchev–Trinajstić information content (AvgIpc) is 3.12. The van der Waals surface area contributed by atoms with E-state index in [1.807, 2.05) is 6.92 Å². The number of thioether (sulfide) groups is 1. The molecule has 7 nitrogen and oxygen atoms in total. The largest absolute Gasteiger partial charge is 0.338 e. The standard InChI is InChI=1S/C22H22ClN3O4S2/c1-2-25(17-10-11-32(29,30)14-17)20(27)13-31-22-24-19-9-4-3-8-18(19)21(28)26(22)16-7-5-6-15(23)12-16/h3-9,12,17H,2,10-11,13-14H2,1H3. The third-order valence-corrected chi connectivity index (χ3v) is 8.36. The van der Waals surface area contributed by atoms with Crippen molar-refractivity contribution >= 4 is 50.0 Å². The van der Waals surface area contributed by atoms with Crippen molar-refractivity contribution in [1.29, 1.82) is 0 Å². The molecule has 0 saturated carbocycles. The highest BCUT2D eigenvalue weighted by Gasteiger charge is 2.34. The van der Waals surface area contributed by atoms with Gasteiger partial charge in [-0.15, -0.1) is 0 Å². The van der Waals surface area contributed by atoms with Crippen LogP contribution in [0.1, 0.15) is 13.3 Å². The van der Waals surface area contributed by atoms with Crippen LogP contribution in [-0.4, -0.2) is 58.6 Å². The SMILES string of the molecule is CCN(C(=O)CSc1nc2ccccc2c(=O)n1-c1cccc(Cl)c1)C1CCS(=O)(=O)C1. The number of rotatable bonds is 6. The fourth-order valence-electron chi connectivity index (χ4n) is 3.92. The van der Waals surface area contributed by atoms with Crippen molar-refractivity contribution in [2.75, 3.05) is 23.8 Å². The van der Waals surface area contributed by atoms with E-state index in [4.69, 9.17) is 11.6 Å². The Hall–Kier alpha value is -2.36. The van der Waals surface area contributed by atoms with Crippen LogP contribution in [0.15, 0.2) is 58.5 Å². The molecule has 2 heterocycles. The number of benzene rings is 2. The maximum atomic E-state index is 13.3. The first-order chi connectivity index (χ1) is 15.3. The number of carbonyl (C=O) groups excluding carboxylic acids is 1. The third kappa shape index (κ3) is 4.69. The number of hydrogen-bond acceptors (Lipinski definition) is 6. The lowest BCUT2D eigenvalue weighted by Crippen LogP contribution is -2.42. The van der Waals surface area contributed by atoms with E-state index >= 15 is 0 Å². The molecule has 1 aliphatic rings. The van der Waals surface area contributed by atoms with Crippen LogP contribution in [-0.2, 0) is 14.6 Å². The number of fused-ring (bicyclic) bond motifs is 1. The van der Waals surface area contributed by atoms with E-state index < -0.39 is 9.84 Å². The topological polar surface area (TPSA) is 89.3 Å². The summed E-state index contributed by atoms with van der Waals surface area (Å²) in [6, 6.07) is 13.6. The summed E-state index contributed by atoms with van der Waals surface area (Å²) in [5.41, 5.74) is 0.854. The molecule has 0 radical (unpaired) electrons. The van der Waals surface area contributed by atoms with Crippen molar-refractivity contribution < 1.29 is 13.2 Å². The van der Waals surface area contributed by atoms with Crippen LogP contribution in [0.5, 0.6) is 0 Å². The van der Waals surface area contributed by atoms with Gasteiger partial charge < -0.3 is 4.90 Å². The lowest BCUT2D eigenvalue weighted by Gasteiger charge is -2.26. The van der Waals surface area contributed by atoms with Crippen molar-refractivity contribution in [3.05, 3.63) is 63.9 Å². The molecular weight excluding hydrogens is 470 g/mol. The summed E-state index contributed by atoms with van der Waals surface area (Å²) in [5, 5.41) is 1.32. The third-order valence-electron chi connectivity index (χ3n) is 5.45. The maximum absolute atomic E-state index is 13.3. The number of nitrogens with zero attached hydrogens (tertiary/aromatic N) is 3. The first kappa shape index (κ1) is 22.8. The lowest BCUT2D eigenvalue weighted by molar-refractivity contribution is -0.129. The second-order valence-electron chi connectivity index (χ2n) is 7.56. The maximum Gasteiger partial charge on any atom is 0.266 e. The second-order valence-corrected chi connectivity index (χ2v) is 11.2. The molecule has 0 N–H and O–H groups in total. The Balaban J connectivity index is 1.67. The fraction of sp³-hybridized carbons (Fsp3) is 0.318. The van der Waals surface area contributed by atoms with Gasteiger partial charge in [-0.1, -0.05) is 41.6 Å². The number of aromatic nitrogens is 2. The Labute approximate surface area is 195 Å². The molecule has 3 aromatic rings. The van der Waals surface area contributed by atoms with Gasteiger partial charge in [0.2, 0.25) is 5.91 Å². The molecule has 1 fully saturated rings. The molecule has 2 aromatic carbocycles. The van der Waals surface area contributed by atoms with Crippen LogP contribution in [0, 0.1) is 0 Å². The van der Waals surface area contributed by atoms with Crippen LogP contribution in [0.2, 0.25) is 5.02 Å². The van der Waals surface area contributed by atoms with Gasteiger partial charge in [-0.2, -0.15) is 0 Å². The number of hydrogen-bond donors (Lipinski definition) is 0. The highest BCUT2D eigenvalue weighted by atomic mass is 35.5. The van der Waals surface area contributed by atoms with E-state index in [1.54, 1.807) is 53.4 Å². The summed E-state index contributed by atoms with van der Waals surface area (Å²) < 4.78 is 25.2. The predicted molar refractivity (Wildman–Crippen MR) is 128 cm³/mol. The number of carbonyl (C=O) groups is 1. The number of para-hydroxylation sites is 1. The van der Waals surface area contributed by atoms with Crippen LogP contribution < -0.4 is 5.56 Å². The van der Waals surface area contributed by atoms with E-state index in [2.05, 4.69) is 4.98 Å². The zero-order valence-electron chi connectivity index (χ0n) is 17.4. The highest BCUT2D eigenvalue weighted by molar-refractivity contribution is 7.99. The van der Waals surface area contributed by atoms with Gasteiger partial charge in [0.25, 0.3) is 5.56 Å². The normalized spacial score (nSPS) is 17.5. The molecule has 168 valence electrons. The highest BCUT2D eigenvalue weighted by Crippen LogP contribution is 2.25. The van der Waals surface area contributed by atoms with Crippen molar-refractivity contribution in [3.8, 4) is 5.69 Å². The van der Waals surface area contributed by atoms with Gasteiger partial charge >= 0.3 is 0 Å². The minimum atomic E-state index is -3.10. The molecule has 1 saturated heterocycles. The number of halogens is 1. The molecule has 10 heteroatoms. The summed E-state index contributed by atoms with van der Waals surface area (Å²) in [6.07, 6.45) is 0.452. The Morgan fingerprint density at radius 2 is 2.03 bits per heavy atom. The smallest absolute Gasteiger partial charge is 0.266 e. The molecule has 1 aliphatic heterocycles. The van der Waals surface area contributed by atoms with E-state index in [9.17, 15) is 18.0 Å². The van der Waals surface area contributed by atoms with Gasteiger partial charge in [0.05, 0.1) is 33.8 Å². The van der Waals surface area contributed by atoms with E-state index in [0.717, 1.165) is 11.8 Å². The fourth-order valence-corrected chi connectivity index (χ4v) is 6.73. The first-order valence-electron chi connectivity index (χ1n) is 10.2. The molecule has 0 aliphatic carbocycles. The molecule has 0 spiro atoms. The Bertz CT molecular complexity index is 1340. The molecule has 0 bridgehead atoms. The minimum Gasteiger partial charge on any atom is -0.338 e. The Morgan fingerprint density at radius 1 is 1.25 bits per heavy atom. The van der Waals surface area contributed by atoms with Gasteiger partial charge in [-0.05, 0) is 43.7 Å². The molecule has 1 amide bonds. The number of sulfone groups is 1. The number of amides is 1. The Morgan fingerprint density at radius 3 is 2.72 bits per heavy atom. The monoisotopic (exact) mass is 491 g/mol. The second kappa shape index (κ2) is 9.25. The Kier molecular flexibility index (Phi) is 6.60. The summed E-state index contributed by atoms with van der Waals surface area (Å²) in [5.74, 6) is -0.0385. The van der Waals surface area contributed by atoms with Gasteiger partial charge in [-0.3, -0.25) is 14.2 Å².